The molecule has 2 radical (unpaired) electrons. The number of hydrogen-bond acceptors (Lipinski definition) is 0. The summed E-state index contributed by atoms with van der Waals surface area (Å²) < 4.78 is 1.10. The summed E-state index contributed by atoms with van der Waals surface area (Å²) in [4.78, 5) is 0. The zero-order chi connectivity index (χ0) is 13.9. The topological polar surface area (TPSA) is 0 Å². The maximum atomic E-state index is 5.71. The van der Waals surface area contributed by atoms with Gasteiger partial charge in [0.1, 0.15) is 7.85 Å². The molecule has 0 atom stereocenters. The third-order valence-corrected chi connectivity index (χ3v) is 3.84. The van der Waals surface area contributed by atoms with E-state index in [9.17, 15) is 0 Å². The van der Waals surface area contributed by atoms with Crippen molar-refractivity contribution < 1.29 is 0 Å². The minimum atomic E-state index is 0.792. The average molecular weight is 319 g/mol. The van der Waals surface area contributed by atoms with E-state index >= 15 is 0 Å². The Hall–Kier alpha value is -1.80. The van der Waals surface area contributed by atoms with Gasteiger partial charge in [-0.05, 0) is 34.4 Å². The predicted octanol–water partition coefficient (Wildman–Crippen LogP) is 4.58. The van der Waals surface area contributed by atoms with Crippen LogP contribution in [0.4, 0.5) is 0 Å². The molecule has 0 saturated heterocycles. The highest BCUT2D eigenvalue weighted by atomic mass is 79.9. The van der Waals surface area contributed by atoms with Crippen molar-refractivity contribution in [3.63, 3.8) is 0 Å². The number of hydrogen-bond donors (Lipinski definition) is 0. The summed E-state index contributed by atoms with van der Waals surface area (Å²) in [6, 6.07) is 24.9. The third kappa shape index (κ3) is 2.86. The van der Waals surface area contributed by atoms with Gasteiger partial charge in [0, 0.05) is 4.47 Å². The molecule has 0 aromatic heterocycles. The summed E-state index contributed by atoms with van der Waals surface area (Å²) in [5, 5.41) is 0. The summed E-state index contributed by atoms with van der Waals surface area (Å²) >= 11 is 3.46. The third-order valence-electron chi connectivity index (χ3n) is 3.31. The monoisotopic (exact) mass is 318 g/mol. The van der Waals surface area contributed by atoms with E-state index in [1.54, 1.807) is 0 Å². The standard InChI is InChI=1S/C18H12BBr/c19-17-9-5-15(6-10-17)13-1-3-14(4-2-13)16-7-11-18(20)12-8-16/h1-12H. The van der Waals surface area contributed by atoms with Crippen LogP contribution in [0.3, 0.4) is 0 Å². The van der Waals surface area contributed by atoms with E-state index in [4.69, 9.17) is 7.85 Å². The minimum Gasteiger partial charge on any atom is -0.0966 e. The molecular formula is C18H12BBr. The lowest BCUT2D eigenvalue weighted by Crippen LogP contribution is -1.99. The van der Waals surface area contributed by atoms with Crippen LogP contribution in [-0.4, -0.2) is 7.85 Å². The molecule has 3 aromatic carbocycles. The van der Waals surface area contributed by atoms with E-state index in [1.165, 1.54) is 22.3 Å². The molecule has 3 rings (SSSR count). The highest BCUT2D eigenvalue weighted by molar-refractivity contribution is 9.10. The molecule has 0 unspecified atom stereocenters. The largest absolute Gasteiger partial charge is 0.113 e. The van der Waals surface area contributed by atoms with Crippen LogP contribution in [0.2, 0.25) is 0 Å². The molecule has 0 N–H and O–H groups in total. The molecule has 3 aromatic rings. The lowest BCUT2D eigenvalue weighted by molar-refractivity contribution is 1.58. The first-order chi connectivity index (χ1) is 9.72. The van der Waals surface area contributed by atoms with Gasteiger partial charge in [-0.2, -0.15) is 0 Å². The molecule has 2 heteroatoms. The Morgan fingerprint density at radius 3 is 1.20 bits per heavy atom. The highest BCUT2D eigenvalue weighted by Gasteiger charge is 2.00. The van der Waals surface area contributed by atoms with Crippen molar-refractivity contribution in [2.75, 3.05) is 0 Å². The Kier molecular flexibility index (Phi) is 3.75. The second kappa shape index (κ2) is 5.68. The zero-order valence-corrected chi connectivity index (χ0v) is 12.5. The van der Waals surface area contributed by atoms with Gasteiger partial charge in [0.15, 0.2) is 0 Å². The van der Waals surface area contributed by atoms with Crippen LogP contribution in [0.25, 0.3) is 22.3 Å². The molecule has 94 valence electrons. The minimum absolute atomic E-state index is 0.792. The van der Waals surface area contributed by atoms with Gasteiger partial charge < -0.3 is 0 Å². The van der Waals surface area contributed by atoms with Gasteiger partial charge in [-0.1, -0.05) is 82.1 Å². The smallest absolute Gasteiger partial charge is 0.0966 e. The first-order valence-corrected chi connectivity index (χ1v) is 7.23. The van der Waals surface area contributed by atoms with Crippen molar-refractivity contribution in [3.8, 4) is 22.3 Å². The van der Waals surface area contributed by atoms with Crippen LogP contribution in [-0.2, 0) is 0 Å². The second-order valence-corrected chi connectivity index (χ2v) is 5.62. The zero-order valence-electron chi connectivity index (χ0n) is 10.9. The van der Waals surface area contributed by atoms with Crippen LogP contribution in [0.1, 0.15) is 0 Å². The van der Waals surface area contributed by atoms with Crippen molar-refractivity contribution in [1.82, 2.24) is 0 Å². The molecule has 0 fully saturated rings. The fourth-order valence-electron chi connectivity index (χ4n) is 2.17. The second-order valence-electron chi connectivity index (χ2n) is 4.71. The van der Waals surface area contributed by atoms with Crippen molar-refractivity contribution in [3.05, 3.63) is 77.3 Å². The Morgan fingerprint density at radius 1 is 0.500 bits per heavy atom. The first-order valence-electron chi connectivity index (χ1n) is 6.44. The maximum absolute atomic E-state index is 5.71. The Morgan fingerprint density at radius 2 is 0.800 bits per heavy atom. The quantitative estimate of drug-likeness (QED) is 0.607. The van der Waals surface area contributed by atoms with E-state index in [0.717, 1.165) is 9.94 Å². The molecule has 0 aliphatic heterocycles. The van der Waals surface area contributed by atoms with E-state index in [1.807, 2.05) is 24.3 Å². The average Bonchev–Trinajstić information content (AvgIpc) is 2.49. The van der Waals surface area contributed by atoms with Crippen LogP contribution in [0.5, 0.6) is 0 Å². The SMILES string of the molecule is [B]c1ccc(-c2ccc(-c3ccc(Br)cc3)cc2)cc1. The molecule has 0 amide bonds. The van der Waals surface area contributed by atoms with Gasteiger partial charge in [0.25, 0.3) is 0 Å². The number of rotatable bonds is 2. The normalized spacial score (nSPS) is 10.4. The van der Waals surface area contributed by atoms with Crippen molar-refractivity contribution in [2.45, 2.75) is 0 Å². The lowest BCUT2D eigenvalue weighted by Gasteiger charge is -2.06. The summed E-state index contributed by atoms with van der Waals surface area (Å²) in [5.74, 6) is 0. The molecule has 0 spiro atoms. The molecule has 0 aliphatic rings. The molecular weight excluding hydrogens is 307 g/mol. The molecule has 0 bridgehead atoms. The fraction of sp³-hybridized carbons (Fsp3) is 0. The predicted molar refractivity (Wildman–Crippen MR) is 90.4 cm³/mol. The highest BCUT2D eigenvalue weighted by Crippen LogP contribution is 2.25. The first kappa shape index (κ1) is 13.2. The van der Waals surface area contributed by atoms with Crippen LogP contribution in [0.15, 0.2) is 77.3 Å². The van der Waals surface area contributed by atoms with Gasteiger partial charge >= 0.3 is 0 Å². The van der Waals surface area contributed by atoms with Gasteiger partial charge in [0.05, 0.1) is 0 Å². The Balaban J connectivity index is 1.91. The summed E-state index contributed by atoms with van der Waals surface area (Å²) in [5.41, 5.74) is 5.61. The van der Waals surface area contributed by atoms with Gasteiger partial charge in [-0.3, -0.25) is 0 Å². The van der Waals surface area contributed by atoms with E-state index < -0.39 is 0 Å². The summed E-state index contributed by atoms with van der Waals surface area (Å²) in [7, 11) is 5.71. The summed E-state index contributed by atoms with van der Waals surface area (Å²) in [6.45, 7) is 0. The van der Waals surface area contributed by atoms with Gasteiger partial charge in [-0.15, -0.1) is 0 Å². The summed E-state index contributed by atoms with van der Waals surface area (Å²) in [6.07, 6.45) is 0. The van der Waals surface area contributed by atoms with Crippen molar-refractivity contribution >= 4 is 29.2 Å². The van der Waals surface area contributed by atoms with E-state index in [2.05, 4.69) is 64.5 Å². The number of halogens is 1. The fourth-order valence-corrected chi connectivity index (χ4v) is 2.44. The molecule has 20 heavy (non-hydrogen) atoms. The van der Waals surface area contributed by atoms with E-state index in [0.29, 0.717) is 0 Å². The van der Waals surface area contributed by atoms with Crippen LogP contribution >= 0.6 is 15.9 Å². The molecule has 0 heterocycles. The number of benzene rings is 3. The van der Waals surface area contributed by atoms with Gasteiger partial charge in [0.2, 0.25) is 0 Å². The molecule has 0 aliphatic carbocycles. The molecule has 0 saturated carbocycles. The van der Waals surface area contributed by atoms with Crippen molar-refractivity contribution in [2.24, 2.45) is 0 Å². The molecule has 0 nitrogen and oxygen atoms in total. The van der Waals surface area contributed by atoms with Crippen molar-refractivity contribution in [1.29, 1.82) is 0 Å². The lowest BCUT2D eigenvalue weighted by atomic mass is 9.93. The van der Waals surface area contributed by atoms with Crippen LogP contribution < -0.4 is 5.46 Å². The Bertz CT molecular complexity index is 633. The van der Waals surface area contributed by atoms with E-state index in [-0.39, 0.29) is 0 Å². The van der Waals surface area contributed by atoms with Crippen LogP contribution in [0, 0.1) is 0 Å². The Labute approximate surface area is 129 Å². The van der Waals surface area contributed by atoms with Gasteiger partial charge in [-0.25, -0.2) is 0 Å². The maximum Gasteiger partial charge on any atom is 0.113 e.